The fourth-order valence-corrected chi connectivity index (χ4v) is 2.87. The van der Waals surface area contributed by atoms with Gasteiger partial charge in [0.25, 0.3) is 0 Å². The van der Waals surface area contributed by atoms with E-state index in [1.807, 2.05) is 0 Å². The molecule has 2 N–H and O–H groups in total. The third kappa shape index (κ3) is 3.72. The molecule has 2 unspecified atom stereocenters. The van der Waals surface area contributed by atoms with E-state index < -0.39 is 0 Å². The Morgan fingerprint density at radius 1 is 1.19 bits per heavy atom. The van der Waals surface area contributed by atoms with Crippen LogP contribution in [0, 0.1) is 5.92 Å². The topological polar surface area (TPSA) is 32.5 Å². The van der Waals surface area contributed by atoms with Crippen LogP contribution < -0.4 is 5.73 Å². The van der Waals surface area contributed by atoms with Gasteiger partial charge in [-0.1, -0.05) is 6.92 Å². The second kappa shape index (κ2) is 5.48. The van der Waals surface area contributed by atoms with Crippen molar-refractivity contribution in [3.05, 3.63) is 0 Å². The van der Waals surface area contributed by atoms with Gasteiger partial charge in [0.15, 0.2) is 0 Å². The van der Waals surface area contributed by atoms with Gasteiger partial charge in [-0.3, -0.25) is 4.90 Å². The summed E-state index contributed by atoms with van der Waals surface area (Å²) in [6, 6.07) is 0.611. The van der Waals surface area contributed by atoms with E-state index in [1.54, 1.807) is 0 Å². The van der Waals surface area contributed by atoms with Crippen molar-refractivity contribution in [3.63, 3.8) is 0 Å². The highest BCUT2D eigenvalue weighted by Gasteiger charge is 2.32. The lowest BCUT2D eigenvalue weighted by Gasteiger charge is -2.41. The van der Waals surface area contributed by atoms with Gasteiger partial charge in [-0.25, -0.2) is 0 Å². The zero-order valence-corrected chi connectivity index (χ0v) is 11.7. The van der Waals surface area contributed by atoms with Crippen LogP contribution >= 0.6 is 0 Å². The number of rotatable bonds is 2. The lowest BCUT2D eigenvalue weighted by atomic mass is 9.99. The van der Waals surface area contributed by atoms with E-state index in [0.717, 1.165) is 25.4 Å². The lowest BCUT2D eigenvalue weighted by molar-refractivity contribution is 0.0719. The monoisotopic (exact) mass is 227 g/mol. The van der Waals surface area contributed by atoms with Gasteiger partial charge in [-0.15, -0.1) is 0 Å². The molecular weight excluding hydrogens is 198 g/mol. The first-order valence-electron chi connectivity index (χ1n) is 6.50. The highest BCUT2D eigenvalue weighted by Crippen LogP contribution is 2.24. The average Bonchev–Trinajstić information content (AvgIpc) is 2.24. The third-order valence-electron chi connectivity index (χ3n) is 3.46. The van der Waals surface area contributed by atoms with E-state index in [1.165, 1.54) is 13.1 Å². The van der Waals surface area contributed by atoms with Crippen LogP contribution in [0.3, 0.4) is 0 Å². The largest absolute Gasteiger partial charge is 0.330 e. The fourth-order valence-electron chi connectivity index (χ4n) is 2.87. The van der Waals surface area contributed by atoms with Crippen molar-refractivity contribution in [2.45, 2.75) is 45.7 Å². The summed E-state index contributed by atoms with van der Waals surface area (Å²) in [5.74, 6) is 0.743. The molecule has 1 aliphatic heterocycles. The first kappa shape index (κ1) is 13.9. The molecule has 16 heavy (non-hydrogen) atoms. The first-order valence-corrected chi connectivity index (χ1v) is 6.50. The van der Waals surface area contributed by atoms with E-state index >= 15 is 0 Å². The van der Waals surface area contributed by atoms with Crippen LogP contribution in [0.25, 0.3) is 0 Å². The van der Waals surface area contributed by atoms with Crippen LogP contribution in [0.2, 0.25) is 0 Å². The van der Waals surface area contributed by atoms with Gasteiger partial charge in [-0.2, -0.15) is 0 Å². The Bertz CT molecular complexity index is 210. The second-order valence-electron chi connectivity index (χ2n) is 6.38. The molecule has 0 bridgehead atoms. The normalized spacial score (nSPS) is 30.4. The minimum atomic E-state index is 0.249. The van der Waals surface area contributed by atoms with Crippen molar-refractivity contribution in [1.29, 1.82) is 0 Å². The molecule has 1 heterocycles. The summed E-state index contributed by atoms with van der Waals surface area (Å²) in [7, 11) is 2.23. The summed E-state index contributed by atoms with van der Waals surface area (Å²) < 4.78 is 0. The Morgan fingerprint density at radius 2 is 1.81 bits per heavy atom. The van der Waals surface area contributed by atoms with Crippen LogP contribution in [0.4, 0.5) is 0 Å². The summed E-state index contributed by atoms with van der Waals surface area (Å²) >= 11 is 0. The summed E-state index contributed by atoms with van der Waals surface area (Å²) in [4.78, 5) is 5.10. The lowest BCUT2D eigenvalue weighted by Crippen LogP contribution is -2.51. The predicted octanol–water partition coefficient (Wildman–Crippen LogP) is 1.39. The van der Waals surface area contributed by atoms with Gasteiger partial charge in [0.05, 0.1) is 0 Å². The van der Waals surface area contributed by atoms with Gasteiger partial charge in [0.2, 0.25) is 0 Å². The van der Waals surface area contributed by atoms with E-state index in [2.05, 4.69) is 44.5 Å². The number of likely N-dealkylation sites (N-methyl/N-ethyl adjacent to an activating group) is 1. The Labute approximate surface area is 101 Å². The van der Waals surface area contributed by atoms with Crippen LogP contribution in [-0.4, -0.2) is 54.6 Å². The van der Waals surface area contributed by atoms with E-state index in [-0.39, 0.29) is 5.54 Å². The molecule has 0 spiro atoms. The van der Waals surface area contributed by atoms with Gasteiger partial charge >= 0.3 is 0 Å². The molecule has 0 amide bonds. The molecule has 0 saturated carbocycles. The molecule has 1 rings (SSSR count). The molecule has 3 heteroatoms. The van der Waals surface area contributed by atoms with E-state index in [4.69, 9.17) is 5.73 Å². The van der Waals surface area contributed by atoms with Gasteiger partial charge < -0.3 is 10.6 Å². The van der Waals surface area contributed by atoms with Crippen LogP contribution in [0.1, 0.15) is 34.1 Å². The van der Waals surface area contributed by atoms with Crippen molar-refractivity contribution >= 4 is 0 Å². The predicted molar refractivity (Wildman–Crippen MR) is 70.6 cm³/mol. The van der Waals surface area contributed by atoms with Gasteiger partial charge in [0, 0.05) is 31.2 Å². The Kier molecular flexibility index (Phi) is 4.77. The molecular formula is C13H29N3. The highest BCUT2D eigenvalue weighted by atomic mass is 15.3. The van der Waals surface area contributed by atoms with Crippen molar-refractivity contribution in [3.8, 4) is 0 Å². The number of nitrogens with two attached hydrogens (primary N) is 1. The molecule has 2 atom stereocenters. The molecule has 0 aromatic carbocycles. The van der Waals surface area contributed by atoms with Crippen molar-refractivity contribution < 1.29 is 0 Å². The van der Waals surface area contributed by atoms with Crippen LogP contribution in [0.5, 0.6) is 0 Å². The van der Waals surface area contributed by atoms with E-state index in [9.17, 15) is 0 Å². The summed E-state index contributed by atoms with van der Waals surface area (Å²) in [5.41, 5.74) is 6.00. The summed E-state index contributed by atoms with van der Waals surface area (Å²) in [6.45, 7) is 13.6. The quantitative estimate of drug-likeness (QED) is 0.774. The molecule has 96 valence electrons. The van der Waals surface area contributed by atoms with Gasteiger partial charge in [-0.05, 0) is 46.7 Å². The van der Waals surface area contributed by atoms with Crippen molar-refractivity contribution in [2.24, 2.45) is 11.7 Å². The molecule has 0 aliphatic carbocycles. The number of hydrogen-bond donors (Lipinski definition) is 1. The third-order valence-corrected chi connectivity index (χ3v) is 3.46. The summed E-state index contributed by atoms with van der Waals surface area (Å²) in [6.07, 6.45) is 1.11. The Morgan fingerprint density at radius 3 is 2.31 bits per heavy atom. The van der Waals surface area contributed by atoms with E-state index in [0.29, 0.717) is 6.04 Å². The van der Waals surface area contributed by atoms with Crippen molar-refractivity contribution in [2.75, 3.05) is 33.2 Å². The fraction of sp³-hybridized carbons (Fsp3) is 1.00. The minimum Gasteiger partial charge on any atom is -0.330 e. The second-order valence-corrected chi connectivity index (χ2v) is 6.38. The standard InChI is InChI=1S/C13H29N3/c1-11-8-15(5)10-12(6-7-14)16(9-11)13(2,3)4/h11-12H,6-10,14H2,1-5H3. The molecule has 1 aliphatic rings. The highest BCUT2D eigenvalue weighted by molar-refractivity contribution is 4.88. The van der Waals surface area contributed by atoms with Crippen molar-refractivity contribution in [1.82, 2.24) is 9.80 Å². The maximum Gasteiger partial charge on any atom is 0.0240 e. The smallest absolute Gasteiger partial charge is 0.0240 e. The van der Waals surface area contributed by atoms with Gasteiger partial charge in [0.1, 0.15) is 0 Å². The Hall–Kier alpha value is -0.120. The Balaban J connectivity index is 2.81. The molecule has 0 radical (unpaired) electrons. The molecule has 0 aromatic rings. The maximum atomic E-state index is 5.75. The zero-order valence-electron chi connectivity index (χ0n) is 11.7. The average molecular weight is 227 g/mol. The SMILES string of the molecule is CC1CN(C)CC(CCN)N(C(C)(C)C)C1. The number of hydrogen-bond acceptors (Lipinski definition) is 3. The van der Waals surface area contributed by atoms with Crippen LogP contribution in [-0.2, 0) is 0 Å². The minimum absolute atomic E-state index is 0.249. The molecule has 1 saturated heterocycles. The van der Waals surface area contributed by atoms with Crippen LogP contribution in [0.15, 0.2) is 0 Å². The first-order chi connectivity index (χ1) is 7.34. The zero-order chi connectivity index (χ0) is 12.3. The number of nitrogens with zero attached hydrogens (tertiary/aromatic N) is 2. The molecule has 3 nitrogen and oxygen atoms in total. The maximum absolute atomic E-state index is 5.75. The molecule has 1 fully saturated rings. The molecule has 0 aromatic heterocycles. The summed E-state index contributed by atoms with van der Waals surface area (Å²) in [5, 5.41) is 0.